The standard InChI is InChI=1S/C10H17N3O5S/c1-7(2)13(4-3-5-14)19(17,18)8-6-11-10(16)12-9(8)15/h6-7,14H,3-5H2,1-2H3,(H2,11,12,15,16). The van der Waals surface area contributed by atoms with Crippen molar-refractivity contribution in [3.63, 3.8) is 0 Å². The summed E-state index contributed by atoms with van der Waals surface area (Å²) in [6.45, 7) is 3.26. The maximum absolute atomic E-state index is 12.3. The molecule has 0 atom stereocenters. The number of aromatic nitrogens is 2. The summed E-state index contributed by atoms with van der Waals surface area (Å²) < 4.78 is 25.7. The molecule has 1 aromatic heterocycles. The van der Waals surface area contributed by atoms with Crippen molar-refractivity contribution in [3.05, 3.63) is 27.0 Å². The lowest BCUT2D eigenvalue weighted by Gasteiger charge is -2.25. The number of aliphatic hydroxyl groups excluding tert-OH is 1. The minimum absolute atomic E-state index is 0.0923. The third-order valence-corrected chi connectivity index (χ3v) is 4.57. The molecule has 0 unspecified atom stereocenters. The van der Waals surface area contributed by atoms with E-state index in [1.54, 1.807) is 13.8 Å². The van der Waals surface area contributed by atoms with Gasteiger partial charge < -0.3 is 10.1 Å². The van der Waals surface area contributed by atoms with Gasteiger partial charge in [-0.1, -0.05) is 0 Å². The van der Waals surface area contributed by atoms with Crippen LogP contribution in [-0.2, 0) is 10.0 Å². The Labute approximate surface area is 110 Å². The Morgan fingerprint density at radius 1 is 1.37 bits per heavy atom. The average molecular weight is 291 g/mol. The van der Waals surface area contributed by atoms with Gasteiger partial charge in [0.15, 0.2) is 4.90 Å². The highest BCUT2D eigenvalue weighted by Gasteiger charge is 2.29. The van der Waals surface area contributed by atoms with Gasteiger partial charge in [-0.05, 0) is 20.3 Å². The van der Waals surface area contributed by atoms with E-state index in [1.165, 1.54) is 0 Å². The summed E-state index contributed by atoms with van der Waals surface area (Å²) in [5.41, 5.74) is -1.73. The molecule has 19 heavy (non-hydrogen) atoms. The van der Waals surface area contributed by atoms with Gasteiger partial charge >= 0.3 is 5.69 Å². The summed E-state index contributed by atoms with van der Waals surface area (Å²) >= 11 is 0. The minimum atomic E-state index is -4.01. The number of H-pyrrole nitrogens is 2. The number of hydrogen-bond donors (Lipinski definition) is 3. The summed E-state index contributed by atoms with van der Waals surface area (Å²) in [6.07, 6.45) is 1.14. The molecule has 8 nitrogen and oxygen atoms in total. The SMILES string of the molecule is CC(C)N(CCCO)S(=O)(=O)c1c[nH]c(=O)[nH]c1=O. The van der Waals surface area contributed by atoms with Crippen LogP contribution in [-0.4, -0.2) is 47.0 Å². The Morgan fingerprint density at radius 2 is 2.00 bits per heavy atom. The van der Waals surface area contributed by atoms with Crippen LogP contribution < -0.4 is 11.2 Å². The first-order chi connectivity index (χ1) is 8.80. The van der Waals surface area contributed by atoms with Crippen molar-refractivity contribution in [1.82, 2.24) is 14.3 Å². The van der Waals surface area contributed by atoms with E-state index in [2.05, 4.69) is 4.98 Å². The summed E-state index contributed by atoms with van der Waals surface area (Å²) in [5.74, 6) is 0. The van der Waals surface area contributed by atoms with Crippen LogP contribution in [0.5, 0.6) is 0 Å². The molecule has 1 aromatic rings. The highest BCUT2D eigenvalue weighted by atomic mass is 32.2. The van der Waals surface area contributed by atoms with Gasteiger partial charge in [-0.25, -0.2) is 13.2 Å². The van der Waals surface area contributed by atoms with Crippen LogP contribution in [0.25, 0.3) is 0 Å². The summed E-state index contributed by atoms with van der Waals surface area (Å²) in [5, 5.41) is 8.79. The quantitative estimate of drug-likeness (QED) is 0.610. The average Bonchev–Trinajstić information content (AvgIpc) is 2.27. The number of nitrogens with one attached hydrogen (secondary N) is 2. The lowest BCUT2D eigenvalue weighted by Crippen LogP contribution is -2.41. The Hall–Kier alpha value is -1.45. The predicted octanol–water partition coefficient (Wildman–Crippen LogP) is -1.16. The van der Waals surface area contributed by atoms with E-state index < -0.39 is 26.2 Å². The number of aliphatic hydroxyl groups is 1. The lowest BCUT2D eigenvalue weighted by atomic mass is 10.3. The van der Waals surface area contributed by atoms with E-state index in [-0.39, 0.29) is 25.6 Å². The maximum Gasteiger partial charge on any atom is 0.325 e. The van der Waals surface area contributed by atoms with Crippen LogP contribution in [0.15, 0.2) is 20.7 Å². The number of aromatic amines is 2. The zero-order valence-electron chi connectivity index (χ0n) is 10.7. The molecule has 0 spiro atoms. The first-order valence-corrected chi connectivity index (χ1v) is 7.19. The summed E-state index contributed by atoms with van der Waals surface area (Å²) in [4.78, 5) is 25.9. The van der Waals surface area contributed by atoms with E-state index in [9.17, 15) is 18.0 Å². The van der Waals surface area contributed by atoms with Gasteiger partial charge in [0, 0.05) is 25.4 Å². The fraction of sp³-hybridized carbons (Fsp3) is 0.600. The van der Waals surface area contributed by atoms with Crippen molar-refractivity contribution in [2.45, 2.75) is 31.2 Å². The highest BCUT2D eigenvalue weighted by Crippen LogP contribution is 2.14. The molecule has 3 N–H and O–H groups in total. The van der Waals surface area contributed by atoms with E-state index in [0.717, 1.165) is 10.5 Å². The number of rotatable bonds is 6. The lowest BCUT2D eigenvalue weighted by molar-refractivity contribution is 0.258. The molecule has 108 valence electrons. The Morgan fingerprint density at radius 3 is 2.47 bits per heavy atom. The molecule has 0 aromatic carbocycles. The predicted molar refractivity (Wildman–Crippen MR) is 68.4 cm³/mol. The largest absolute Gasteiger partial charge is 0.396 e. The molecule has 0 saturated carbocycles. The van der Waals surface area contributed by atoms with Crippen LogP contribution >= 0.6 is 0 Å². The van der Waals surface area contributed by atoms with Crippen LogP contribution in [0, 0.1) is 0 Å². The Balaban J connectivity index is 3.27. The van der Waals surface area contributed by atoms with Crippen LogP contribution in [0.2, 0.25) is 0 Å². The smallest absolute Gasteiger partial charge is 0.325 e. The van der Waals surface area contributed by atoms with Crippen molar-refractivity contribution in [3.8, 4) is 0 Å². The first-order valence-electron chi connectivity index (χ1n) is 5.75. The molecule has 0 bridgehead atoms. The van der Waals surface area contributed by atoms with Crippen LogP contribution in [0.3, 0.4) is 0 Å². The molecule has 0 aliphatic heterocycles. The second-order valence-electron chi connectivity index (χ2n) is 4.22. The molecule has 0 saturated heterocycles. The fourth-order valence-corrected chi connectivity index (χ4v) is 3.27. The van der Waals surface area contributed by atoms with E-state index in [0.29, 0.717) is 0 Å². The molecule has 0 aliphatic rings. The molecule has 0 fully saturated rings. The van der Waals surface area contributed by atoms with Gasteiger partial charge in [-0.2, -0.15) is 4.31 Å². The normalized spacial score (nSPS) is 12.3. The van der Waals surface area contributed by atoms with Gasteiger partial charge in [-0.15, -0.1) is 0 Å². The van der Waals surface area contributed by atoms with Crippen LogP contribution in [0.4, 0.5) is 0 Å². The summed E-state index contributed by atoms with van der Waals surface area (Å²) in [7, 11) is -4.01. The first kappa shape index (κ1) is 15.6. The summed E-state index contributed by atoms with van der Waals surface area (Å²) in [6, 6.07) is -0.372. The molecule has 0 aliphatic carbocycles. The van der Waals surface area contributed by atoms with Crippen molar-refractivity contribution in [2.75, 3.05) is 13.2 Å². The highest BCUT2D eigenvalue weighted by molar-refractivity contribution is 7.89. The Kier molecular flexibility index (Phi) is 5.04. The molecule has 0 radical (unpaired) electrons. The van der Waals surface area contributed by atoms with Crippen LogP contribution in [0.1, 0.15) is 20.3 Å². The van der Waals surface area contributed by atoms with Crippen molar-refractivity contribution < 1.29 is 13.5 Å². The van der Waals surface area contributed by atoms with Crippen molar-refractivity contribution in [2.24, 2.45) is 0 Å². The van der Waals surface area contributed by atoms with Gasteiger partial charge in [0.1, 0.15) is 0 Å². The maximum atomic E-state index is 12.3. The second kappa shape index (κ2) is 6.13. The van der Waals surface area contributed by atoms with Gasteiger partial charge in [-0.3, -0.25) is 9.78 Å². The third kappa shape index (κ3) is 3.52. The number of nitrogens with zero attached hydrogens (tertiary/aromatic N) is 1. The minimum Gasteiger partial charge on any atom is -0.396 e. The van der Waals surface area contributed by atoms with E-state index in [1.807, 2.05) is 4.98 Å². The zero-order chi connectivity index (χ0) is 14.6. The monoisotopic (exact) mass is 291 g/mol. The Bertz CT molecular complexity index is 631. The van der Waals surface area contributed by atoms with Crippen molar-refractivity contribution >= 4 is 10.0 Å². The van der Waals surface area contributed by atoms with Crippen molar-refractivity contribution in [1.29, 1.82) is 0 Å². The molecule has 1 heterocycles. The zero-order valence-corrected chi connectivity index (χ0v) is 11.5. The topological polar surface area (TPSA) is 123 Å². The van der Waals surface area contributed by atoms with Gasteiger partial charge in [0.25, 0.3) is 5.56 Å². The molecular formula is C10H17N3O5S. The fourth-order valence-electron chi connectivity index (χ4n) is 1.60. The number of sulfonamides is 1. The molecule has 9 heteroatoms. The molecular weight excluding hydrogens is 274 g/mol. The van der Waals surface area contributed by atoms with Gasteiger partial charge in [0.05, 0.1) is 0 Å². The number of hydrogen-bond acceptors (Lipinski definition) is 5. The van der Waals surface area contributed by atoms with E-state index >= 15 is 0 Å². The molecule has 0 amide bonds. The third-order valence-electron chi connectivity index (χ3n) is 2.48. The van der Waals surface area contributed by atoms with E-state index in [4.69, 9.17) is 5.11 Å². The second-order valence-corrected chi connectivity index (χ2v) is 6.08. The molecule has 1 rings (SSSR count). The van der Waals surface area contributed by atoms with Gasteiger partial charge in [0.2, 0.25) is 10.0 Å².